The van der Waals surface area contributed by atoms with E-state index < -0.39 is 0 Å². The van der Waals surface area contributed by atoms with Crippen LogP contribution in [0.5, 0.6) is 0 Å². The largest absolute Gasteiger partial charge is 0.338 e. The maximum atomic E-state index is 11.3. The van der Waals surface area contributed by atoms with Crippen LogP contribution in [0.15, 0.2) is 42.9 Å². The highest BCUT2D eigenvalue weighted by atomic mass is 16.2. The number of pyridine rings is 2. The van der Waals surface area contributed by atoms with Crippen LogP contribution in [-0.4, -0.2) is 22.5 Å². The van der Waals surface area contributed by atoms with E-state index in [1.54, 1.807) is 18.6 Å². The molecule has 2 aromatic heterocycles. The summed E-state index contributed by atoms with van der Waals surface area (Å²) >= 11 is 0. The van der Waals surface area contributed by atoms with Crippen LogP contribution >= 0.6 is 0 Å². The number of rotatable bonds is 4. The normalized spacial score (nSPS) is 9.95. The second-order valence-corrected chi connectivity index (χ2v) is 4.00. The molecule has 5 heteroatoms. The molecule has 0 saturated carbocycles. The van der Waals surface area contributed by atoms with Crippen molar-refractivity contribution in [3.05, 3.63) is 48.4 Å². The van der Waals surface area contributed by atoms with Crippen LogP contribution in [0.4, 0.5) is 4.79 Å². The first-order valence-electron chi connectivity index (χ1n) is 6.16. The summed E-state index contributed by atoms with van der Waals surface area (Å²) in [4.78, 5) is 19.7. The fraction of sp³-hybridized carbons (Fsp3) is 0.214. The zero-order valence-electron chi connectivity index (χ0n) is 10.8. The maximum Gasteiger partial charge on any atom is 0.315 e. The molecule has 98 valence electrons. The number of hydrogen-bond donors (Lipinski definition) is 2. The molecule has 0 fully saturated rings. The molecule has 2 aromatic rings. The topological polar surface area (TPSA) is 66.9 Å². The summed E-state index contributed by atoms with van der Waals surface area (Å²) in [5.41, 5.74) is 2.81. The molecule has 2 rings (SSSR count). The molecule has 0 bridgehead atoms. The summed E-state index contributed by atoms with van der Waals surface area (Å²) in [5, 5.41) is 5.47. The van der Waals surface area contributed by atoms with Gasteiger partial charge in [0.1, 0.15) is 0 Å². The summed E-state index contributed by atoms with van der Waals surface area (Å²) in [6, 6.07) is 7.49. The van der Waals surface area contributed by atoms with E-state index in [-0.39, 0.29) is 6.03 Å². The van der Waals surface area contributed by atoms with Crippen molar-refractivity contribution in [1.29, 1.82) is 0 Å². The molecular weight excluding hydrogens is 240 g/mol. The predicted molar refractivity (Wildman–Crippen MR) is 73.4 cm³/mol. The van der Waals surface area contributed by atoms with Gasteiger partial charge in [-0.15, -0.1) is 0 Å². The fourth-order valence-corrected chi connectivity index (χ4v) is 1.66. The van der Waals surface area contributed by atoms with Gasteiger partial charge in [-0.1, -0.05) is 0 Å². The van der Waals surface area contributed by atoms with Gasteiger partial charge in [-0.05, 0) is 36.8 Å². The zero-order valence-corrected chi connectivity index (χ0v) is 10.8. The average molecular weight is 256 g/mol. The van der Waals surface area contributed by atoms with Crippen LogP contribution in [0, 0.1) is 0 Å². The Morgan fingerprint density at radius 1 is 1.26 bits per heavy atom. The summed E-state index contributed by atoms with van der Waals surface area (Å²) in [7, 11) is 0. The molecule has 0 atom stereocenters. The van der Waals surface area contributed by atoms with Gasteiger partial charge in [-0.2, -0.15) is 0 Å². The van der Waals surface area contributed by atoms with Crippen molar-refractivity contribution in [2.45, 2.75) is 13.5 Å². The fourth-order valence-electron chi connectivity index (χ4n) is 1.66. The molecule has 19 heavy (non-hydrogen) atoms. The minimum Gasteiger partial charge on any atom is -0.338 e. The molecule has 2 amide bonds. The van der Waals surface area contributed by atoms with Gasteiger partial charge in [0.25, 0.3) is 0 Å². The number of amides is 2. The van der Waals surface area contributed by atoms with Crippen molar-refractivity contribution in [1.82, 2.24) is 20.6 Å². The number of aromatic nitrogens is 2. The van der Waals surface area contributed by atoms with E-state index >= 15 is 0 Å². The van der Waals surface area contributed by atoms with Crippen molar-refractivity contribution in [3.8, 4) is 11.3 Å². The lowest BCUT2D eigenvalue weighted by Crippen LogP contribution is -2.34. The standard InChI is InChI=1S/C14H16N4O/c1-2-16-14(19)18-9-11-5-7-17-13(8-11)12-4-3-6-15-10-12/h3-8,10H,2,9H2,1H3,(H2,16,18,19). The first-order valence-corrected chi connectivity index (χ1v) is 6.16. The number of carbonyl (C=O) groups is 1. The van der Waals surface area contributed by atoms with Crippen molar-refractivity contribution in [3.63, 3.8) is 0 Å². The summed E-state index contributed by atoms with van der Waals surface area (Å²) in [5.74, 6) is 0. The molecule has 0 radical (unpaired) electrons. The molecule has 0 aliphatic heterocycles. The molecule has 0 aliphatic carbocycles. The van der Waals surface area contributed by atoms with E-state index in [0.29, 0.717) is 13.1 Å². The highest BCUT2D eigenvalue weighted by Crippen LogP contribution is 2.15. The van der Waals surface area contributed by atoms with E-state index in [9.17, 15) is 4.79 Å². The molecule has 5 nitrogen and oxygen atoms in total. The van der Waals surface area contributed by atoms with Crippen LogP contribution in [-0.2, 0) is 6.54 Å². The monoisotopic (exact) mass is 256 g/mol. The quantitative estimate of drug-likeness (QED) is 0.878. The second kappa shape index (κ2) is 6.49. The van der Waals surface area contributed by atoms with Gasteiger partial charge in [-0.3, -0.25) is 9.97 Å². The van der Waals surface area contributed by atoms with Crippen molar-refractivity contribution in [2.75, 3.05) is 6.54 Å². The van der Waals surface area contributed by atoms with Crippen molar-refractivity contribution < 1.29 is 4.79 Å². The molecule has 0 spiro atoms. The minimum atomic E-state index is -0.165. The van der Waals surface area contributed by atoms with Crippen LogP contribution in [0.3, 0.4) is 0 Å². The molecular formula is C14H16N4O. The third-order valence-electron chi connectivity index (χ3n) is 2.57. The van der Waals surface area contributed by atoms with Crippen LogP contribution in [0.25, 0.3) is 11.3 Å². The highest BCUT2D eigenvalue weighted by Gasteiger charge is 2.02. The number of carbonyl (C=O) groups excluding carboxylic acids is 1. The van der Waals surface area contributed by atoms with Crippen LogP contribution in [0.2, 0.25) is 0 Å². The Balaban J connectivity index is 2.06. The average Bonchev–Trinajstić information content (AvgIpc) is 2.47. The maximum absolute atomic E-state index is 11.3. The predicted octanol–water partition coefficient (Wildman–Crippen LogP) is 1.96. The lowest BCUT2D eigenvalue weighted by Gasteiger charge is -2.07. The summed E-state index contributed by atoms with van der Waals surface area (Å²) < 4.78 is 0. The van der Waals surface area contributed by atoms with Gasteiger partial charge in [-0.25, -0.2) is 4.79 Å². The van der Waals surface area contributed by atoms with Gasteiger partial charge in [0.05, 0.1) is 5.69 Å². The van der Waals surface area contributed by atoms with Crippen molar-refractivity contribution >= 4 is 6.03 Å². The Hall–Kier alpha value is -2.43. The summed E-state index contributed by atoms with van der Waals surface area (Å²) in [6.07, 6.45) is 5.23. The molecule has 0 aliphatic rings. The lowest BCUT2D eigenvalue weighted by atomic mass is 10.1. The number of nitrogens with zero attached hydrogens (tertiary/aromatic N) is 2. The van der Waals surface area contributed by atoms with E-state index in [0.717, 1.165) is 16.8 Å². The SMILES string of the molecule is CCNC(=O)NCc1ccnc(-c2cccnc2)c1. The first kappa shape index (κ1) is 13.0. The molecule has 0 unspecified atom stereocenters. The van der Waals surface area contributed by atoms with Gasteiger partial charge < -0.3 is 10.6 Å². The zero-order chi connectivity index (χ0) is 13.5. The van der Waals surface area contributed by atoms with E-state index in [2.05, 4.69) is 20.6 Å². The molecule has 0 saturated heterocycles. The number of hydrogen-bond acceptors (Lipinski definition) is 3. The Bertz CT molecular complexity index is 542. The van der Waals surface area contributed by atoms with Crippen LogP contribution in [0.1, 0.15) is 12.5 Å². The Labute approximate surface area is 112 Å². The van der Waals surface area contributed by atoms with Crippen LogP contribution < -0.4 is 10.6 Å². The highest BCUT2D eigenvalue weighted by molar-refractivity contribution is 5.73. The number of urea groups is 1. The Kier molecular flexibility index (Phi) is 4.44. The third kappa shape index (κ3) is 3.77. The second-order valence-electron chi connectivity index (χ2n) is 4.00. The van der Waals surface area contributed by atoms with Crippen molar-refractivity contribution in [2.24, 2.45) is 0 Å². The van der Waals surface area contributed by atoms with E-state index in [1.807, 2.05) is 31.2 Å². The third-order valence-corrected chi connectivity index (χ3v) is 2.57. The van der Waals surface area contributed by atoms with Gasteiger partial charge >= 0.3 is 6.03 Å². The smallest absolute Gasteiger partial charge is 0.315 e. The summed E-state index contributed by atoms with van der Waals surface area (Å²) in [6.45, 7) is 2.97. The van der Waals surface area contributed by atoms with E-state index in [1.165, 1.54) is 0 Å². The number of nitrogens with one attached hydrogen (secondary N) is 2. The Morgan fingerprint density at radius 2 is 2.16 bits per heavy atom. The minimum absolute atomic E-state index is 0.165. The van der Waals surface area contributed by atoms with Gasteiger partial charge in [0, 0.05) is 37.2 Å². The van der Waals surface area contributed by atoms with E-state index in [4.69, 9.17) is 0 Å². The molecule has 0 aromatic carbocycles. The van der Waals surface area contributed by atoms with Gasteiger partial charge in [0.2, 0.25) is 0 Å². The lowest BCUT2D eigenvalue weighted by molar-refractivity contribution is 0.241. The first-order chi connectivity index (χ1) is 9.29. The molecule has 2 heterocycles. The van der Waals surface area contributed by atoms with Gasteiger partial charge in [0.15, 0.2) is 0 Å². The Morgan fingerprint density at radius 3 is 2.89 bits per heavy atom. The molecule has 2 N–H and O–H groups in total.